The van der Waals surface area contributed by atoms with E-state index in [1.807, 2.05) is 31.2 Å². The first-order valence-corrected chi connectivity index (χ1v) is 6.02. The Morgan fingerprint density at radius 1 is 1.46 bits per heavy atom. The molecule has 13 heavy (non-hydrogen) atoms. The summed E-state index contributed by atoms with van der Waals surface area (Å²) >= 11 is 0. The second-order valence-electron chi connectivity index (χ2n) is 2.93. The molecule has 1 aliphatic rings. The molecule has 70 valence electrons. The normalized spacial score (nSPS) is 26.3. The van der Waals surface area contributed by atoms with Crippen LogP contribution in [-0.2, 0) is 11.1 Å². The number of hydrogen-bond donors (Lipinski definition) is 1. The lowest BCUT2D eigenvalue weighted by Crippen LogP contribution is -2.13. The first-order chi connectivity index (χ1) is 6.23. The average Bonchev–Trinajstić information content (AvgIpc) is 2.18. The van der Waals surface area contributed by atoms with E-state index in [2.05, 4.69) is 0 Å². The molecule has 0 aromatic heterocycles. The second kappa shape index (κ2) is 3.26. The van der Waals surface area contributed by atoms with Gasteiger partial charge in [0.05, 0.1) is 0 Å². The summed E-state index contributed by atoms with van der Waals surface area (Å²) in [5, 5.41) is 0. The fraction of sp³-hybridized carbons (Fsp3) is 0.333. The van der Waals surface area contributed by atoms with Crippen molar-refractivity contribution >= 4 is 7.94 Å². The fourth-order valence-electron chi connectivity index (χ4n) is 1.22. The molecule has 0 aliphatic carbocycles. The molecular formula is C9H12O3P+. The molecule has 1 atom stereocenters. The molecule has 1 unspecified atom stereocenters. The van der Waals surface area contributed by atoms with Crippen molar-refractivity contribution in [2.45, 2.75) is 13.5 Å². The monoisotopic (exact) mass is 199 g/mol. The number of rotatable bonds is 1. The highest BCUT2D eigenvalue weighted by atomic mass is 31.2. The molecule has 4 heteroatoms. The van der Waals surface area contributed by atoms with Crippen LogP contribution in [0.15, 0.2) is 24.3 Å². The third-order valence-corrected chi connectivity index (χ3v) is 3.85. The minimum atomic E-state index is -2.58. The topological polar surface area (TPSA) is 38.7 Å². The van der Waals surface area contributed by atoms with Crippen LogP contribution in [0.5, 0.6) is 5.75 Å². The summed E-state index contributed by atoms with van der Waals surface area (Å²) in [6.07, 6.45) is 0.529. The Balaban J connectivity index is 2.29. The molecule has 2 rings (SSSR count). The van der Waals surface area contributed by atoms with Gasteiger partial charge in [-0.05, 0) is 13.0 Å². The Kier molecular flexibility index (Phi) is 2.24. The van der Waals surface area contributed by atoms with Crippen molar-refractivity contribution in [3.8, 4) is 5.75 Å². The SMILES string of the molecule is CC[P+]1(O)OCc2ccccc2O1. The van der Waals surface area contributed by atoms with Crippen molar-refractivity contribution in [1.82, 2.24) is 0 Å². The van der Waals surface area contributed by atoms with Crippen LogP contribution < -0.4 is 4.52 Å². The van der Waals surface area contributed by atoms with Crippen molar-refractivity contribution in [2.75, 3.05) is 6.16 Å². The van der Waals surface area contributed by atoms with E-state index < -0.39 is 7.94 Å². The van der Waals surface area contributed by atoms with Gasteiger partial charge >= 0.3 is 7.94 Å². The maximum absolute atomic E-state index is 9.79. The highest BCUT2D eigenvalue weighted by Crippen LogP contribution is 2.59. The van der Waals surface area contributed by atoms with Crippen molar-refractivity contribution in [3.05, 3.63) is 29.8 Å². The van der Waals surface area contributed by atoms with Gasteiger partial charge in [0.25, 0.3) is 0 Å². The number of hydrogen-bond acceptors (Lipinski definition) is 3. The molecule has 0 saturated heterocycles. The summed E-state index contributed by atoms with van der Waals surface area (Å²) in [5.74, 6) is 0.756. The van der Waals surface area contributed by atoms with Gasteiger partial charge in [-0.15, -0.1) is 0 Å². The molecular weight excluding hydrogens is 187 g/mol. The average molecular weight is 199 g/mol. The van der Waals surface area contributed by atoms with Gasteiger partial charge in [-0.2, -0.15) is 9.42 Å². The highest BCUT2D eigenvalue weighted by Gasteiger charge is 2.43. The van der Waals surface area contributed by atoms with Gasteiger partial charge in [0, 0.05) is 5.56 Å². The molecule has 0 radical (unpaired) electrons. The van der Waals surface area contributed by atoms with E-state index >= 15 is 0 Å². The Morgan fingerprint density at radius 2 is 2.23 bits per heavy atom. The van der Waals surface area contributed by atoms with Crippen molar-refractivity contribution < 1.29 is 13.9 Å². The van der Waals surface area contributed by atoms with E-state index in [1.165, 1.54) is 0 Å². The second-order valence-corrected chi connectivity index (χ2v) is 5.27. The Morgan fingerprint density at radius 3 is 3.00 bits per heavy atom. The molecule has 0 saturated carbocycles. The molecule has 0 bridgehead atoms. The molecule has 0 amide bonds. The van der Waals surface area contributed by atoms with E-state index in [4.69, 9.17) is 9.05 Å². The molecule has 1 N–H and O–H groups in total. The summed E-state index contributed by atoms with van der Waals surface area (Å²) in [6.45, 7) is 2.32. The van der Waals surface area contributed by atoms with Gasteiger partial charge in [0.15, 0.2) is 5.75 Å². The van der Waals surface area contributed by atoms with Gasteiger partial charge in [-0.25, -0.2) is 0 Å². The summed E-state index contributed by atoms with van der Waals surface area (Å²) in [6, 6.07) is 7.62. The quantitative estimate of drug-likeness (QED) is 0.705. The van der Waals surface area contributed by atoms with Crippen LogP contribution in [0.1, 0.15) is 12.5 Å². The summed E-state index contributed by atoms with van der Waals surface area (Å²) in [4.78, 5) is 9.79. The van der Waals surface area contributed by atoms with Gasteiger partial charge in [0.1, 0.15) is 12.8 Å². The lowest BCUT2D eigenvalue weighted by Gasteiger charge is -2.22. The van der Waals surface area contributed by atoms with Gasteiger partial charge in [0.2, 0.25) is 0 Å². The molecule has 0 spiro atoms. The van der Waals surface area contributed by atoms with Gasteiger partial charge in [-0.3, -0.25) is 4.52 Å². The minimum Gasteiger partial charge on any atom is -0.286 e. The zero-order valence-electron chi connectivity index (χ0n) is 7.43. The largest absolute Gasteiger partial charge is 0.454 e. The van der Waals surface area contributed by atoms with Crippen molar-refractivity contribution in [2.24, 2.45) is 0 Å². The van der Waals surface area contributed by atoms with E-state index in [1.54, 1.807) is 0 Å². The van der Waals surface area contributed by atoms with Crippen molar-refractivity contribution in [3.63, 3.8) is 0 Å². The molecule has 1 heterocycles. The molecule has 0 fully saturated rings. The Labute approximate surface area is 77.9 Å². The van der Waals surface area contributed by atoms with Crippen LogP contribution in [-0.4, -0.2) is 11.1 Å². The zero-order chi connectivity index (χ0) is 9.31. The smallest absolute Gasteiger partial charge is 0.286 e. The predicted molar refractivity (Wildman–Crippen MR) is 51.5 cm³/mol. The first-order valence-electron chi connectivity index (χ1n) is 4.26. The van der Waals surface area contributed by atoms with E-state index in [-0.39, 0.29) is 0 Å². The summed E-state index contributed by atoms with van der Waals surface area (Å²) in [7, 11) is -2.58. The van der Waals surface area contributed by atoms with Crippen LogP contribution in [0.3, 0.4) is 0 Å². The van der Waals surface area contributed by atoms with Gasteiger partial charge < -0.3 is 0 Å². The number of para-hydroxylation sites is 1. The van der Waals surface area contributed by atoms with Crippen LogP contribution in [0.25, 0.3) is 0 Å². The van der Waals surface area contributed by atoms with Crippen LogP contribution >= 0.6 is 7.94 Å². The van der Waals surface area contributed by atoms with Crippen LogP contribution in [0.2, 0.25) is 0 Å². The van der Waals surface area contributed by atoms with Crippen LogP contribution in [0.4, 0.5) is 0 Å². The molecule has 1 aromatic carbocycles. The van der Waals surface area contributed by atoms with E-state index in [9.17, 15) is 4.89 Å². The van der Waals surface area contributed by atoms with E-state index in [0.717, 1.165) is 11.3 Å². The third-order valence-electron chi connectivity index (χ3n) is 2.03. The summed E-state index contributed by atoms with van der Waals surface area (Å²) in [5.41, 5.74) is 1.00. The molecule has 1 aliphatic heterocycles. The molecule has 3 nitrogen and oxygen atoms in total. The maximum Gasteiger partial charge on any atom is 0.454 e. The lowest BCUT2D eigenvalue weighted by molar-refractivity contribution is 0.205. The summed E-state index contributed by atoms with van der Waals surface area (Å²) < 4.78 is 10.7. The zero-order valence-corrected chi connectivity index (χ0v) is 8.33. The Bertz CT molecular complexity index is 315. The standard InChI is InChI=1S/C9H12O3P/c1-2-13(10)11-7-8-5-3-4-6-9(8)12-13/h3-6,10H,2,7H2,1H3/q+1. The fourth-order valence-corrected chi connectivity index (χ4v) is 2.41. The van der Waals surface area contributed by atoms with Crippen LogP contribution in [0, 0.1) is 0 Å². The maximum atomic E-state index is 9.79. The molecule has 1 aromatic rings. The number of benzene rings is 1. The third kappa shape index (κ3) is 1.68. The lowest BCUT2D eigenvalue weighted by atomic mass is 10.2. The first kappa shape index (κ1) is 8.95. The predicted octanol–water partition coefficient (Wildman–Crippen LogP) is 2.37. The minimum absolute atomic E-state index is 0.453. The van der Waals surface area contributed by atoms with Crippen molar-refractivity contribution in [1.29, 1.82) is 0 Å². The van der Waals surface area contributed by atoms with E-state index in [0.29, 0.717) is 12.8 Å². The highest BCUT2D eigenvalue weighted by molar-refractivity contribution is 7.61. The Hall–Kier alpha value is -0.630. The van der Waals surface area contributed by atoms with Gasteiger partial charge in [-0.1, -0.05) is 18.2 Å². The number of fused-ring (bicyclic) bond motifs is 1.